The van der Waals surface area contributed by atoms with Gasteiger partial charge in [-0.25, -0.2) is 17.5 Å². The molecule has 0 aliphatic carbocycles. The van der Waals surface area contributed by atoms with Gasteiger partial charge in [0.15, 0.2) is 11.5 Å². The zero-order chi connectivity index (χ0) is 21.8. The van der Waals surface area contributed by atoms with Gasteiger partial charge in [0.25, 0.3) is 0 Å². The van der Waals surface area contributed by atoms with E-state index < -0.39 is 15.8 Å². The maximum absolute atomic E-state index is 13.0. The van der Waals surface area contributed by atoms with Gasteiger partial charge >= 0.3 is 0 Å². The number of anilines is 1. The molecule has 0 radical (unpaired) electrons. The van der Waals surface area contributed by atoms with Gasteiger partial charge in [-0.2, -0.15) is 4.52 Å². The van der Waals surface area contributed by atoms with E-state index in [4.69, 9.17) is 11.6 Å². The molecule has 0 bridgehead atoms. The summed E-state index contributed by atoms with van der Waals surface area (Å²) in [7, 11) is -3.75. The van der Waals surface area contributed by atoms with Crippen molar-refractivity contribution in [2.75, 3.05) is 11.9 Å². The Balaban J connectivity index is 1.41. The summed E-state index contributed by atoms with van der Waals surface area (Å²) in [5.41, 5.74) is 1.60. The molecule has 4 rings (SSSR count). The first-order chi connectivity index (χ1) is 14.9. The molecule has 0 saturated carbocycles. The summed E-state index contributed by atoms with van der Waals surface area (Å²) in [6.45, 7) is 0.648. The Kier molecular flexibility index (Phi) is 6.12. The van der Waals surface area contributed by atoms with Crippen LogP contribution in [0.1, 0.15) is 11.4 Å². The molecule has 0 spiro atoms. The first-order valence-corrected chi connectivity index (χ1v) is 11.2. The molecule has 4 aromatic rings. The highest BCUT2D eigenvalue weighted by Gasteiger charge is 2.15. The van der Waals surface area contributed by atoms with Crippen molar-refractivity contribution in [2.45, 2.75) is 17.9 Å². The molecular weight excluding hydrogens is 443 g/mol. The van der Waals surface area contributed by atoms with Gasteiger partial charge in [0.2, 0.25) is 10.0 Å². The standard InChI is InChI=1S/C20H18ClFN6O2S/c21-15-3-1-14(2-4-15)13-23-18-9-10-19-25-26-20(28(19)27-18)11-12-24-31(29,30)17-7-5-16(22)6-8-17/h1-10,24H,11-13H2,(H,23,27). The number of benzene rings is 2. The van der Waals surface area contributed by atoms with E-state index in [-0.39, 0.29) is 17.9 Å². The van der Waals surface area contributed by atoms with Crippen molar-refractivity contribution < 1.29 is 12.8 Å². The molecule has 0 aliphatic heterocycles. The molecule has 0 atom stereocenters. The van der Waals surface area contributed by atoms with Gasteiger partial charge in [-0.3, -0.25) is 0 Å². The second kappa shape index (κ2) is 8.96. The van der Waals surface area contributed by atoms with E-state index in [1.54, 1.807) is 16.6 Å². The third-order valence-electron chi connectivity index (χ3n) is 4.48. The van der Waals surface area contributed by atoms with Crippen molar-refractivity contribution in [3.63, 3.8) is 0 Å². The Labute approximate surface area is 183 Å². The number of hydrogen-bond acceptors (Lipinski definition) is 6. The molecule has 2 N–H and O–H groups in total. The van der Waals surface area contributed by atoms with Gasteiger partial charge in [-0.15, -0.1) is 15.3 Å². The number of fused-ring (bicyclic) bond motifs is 1. The number of sulfonamides is 1. The highest BCUT2D eigenvalue weighted by molar-refractivity contribution is 7.89. The average Bonchev–Trinajstić information content (AvgIpc) is 3.16. The number of nitrogens with zero attached hydrogens (tertiary/aromatic N) is 4. The van der Waals surface area contributed by atoms with Crippen LogP contribution in [0.25, 0.3) is 5.65 Å². The van der Waals surface area contributed by atoms with E-state index in [0.717, 1.165) is 17.7 Å². The summed E-state index contributed by atoms with van der Waals surface area (Å²) in [5, 5.41) is 16.5. The molecule has 0 unspecified atom stereocenters. The minimum Gasteiger partial charge on any atom is -0.365 e. The van der Waals surface area contributed by atoms with Crippen LogP contribution in [0.3, 0.4) is 0 Å². The van der Waals surface area contributed by atoms with Gasteiger partial charge in [0, 0.05) is 24.5 Å². The maximum atomic E-state index is 13.0. The van der Waals surface area contributed by atoms with Crippen molar-refractivity contribution in [3.8, 4) is 0 Å². The third kappa shape index (κ3) is 5.16. The van der Waals surface area contributed by atoms with E-state index in [1.165, 1.54) is 12.1 Å². The highest BCUT2D eigenvalue weighted by atomic mass is 35.5. The third-order valence-corrected chi connectivity index (χ3v) is 6.21. The zero-order valence-corrected chi connectivity index (χ0v) is 17.7. The summed E-state index contributed by atoms with van der Waals surface area (Å²) < 4.78 is 41.7. The first kappa shape index (κ1) is 21.2. The predicted molar refractivity (Wildman–Crippen MR) is 115 cm³/mol. The number of hydrogen-bond donors (Lipinski definition) is 2. The normalized spacial score (nSPS) is 11.7. The molecule has 31 heavy (non-hydrogen) atoms. The van der Waals surface area contributed by atoms with Gasteiger partial charge < -0.3 is 5.32 Å². The Morgan fingerprint density at radius 3 is 2.45 bits per heavy atom. The second-order valence-corrected chi connectivity index (χ2v) is 8.89. The summed E-state index contributed by atoms with van der Waals surface area (Å²) in [5.74, 6) is 0.628. The first-order valence-electron chi connectivity index (χ1n) is 9.36. The van der Waals surface area contributed by atoms with Crippen molar-refractivity contribution in [1.82, 2.24) is 24.5 Å². The van der Waals surface area contributed by atoms with Crippen LogP contribution in [-0.4, -0.2) is 34.8 Å². The lowest BCUT2D eigenvalue weighted by Gasteiger charge is -2.08. The molecule has 2 aromatic carbocycles. The molecule has 2 aromatic heterocycles. The molecular formula is C20H18ClFN6O2S. The van der Waals surface area contributed by atoms with E-state index in [1.807, 2.05) is 24.3 Å². The number of nitrogens with one attached hydrogen (secondary N) is 2. The molecule has 0 aliphatic rings. The van der Waals surface area contributed by atoms with Gasteiger partial charge in [-0.1, -0.05) is 23.7 Å². The Morgan fingerprint density at radius 1 is 0.968 bits per heavy atom. The second-order valence-electron chi connectivity index (χ2n) is 6.69. The van der Waals surface area contributed by atoms with Gasteiger partial charge in [-0.05, 0) is 54.1 Å². The van der Waals surface area contributed by atoms with Crippen molar-refractivity contribution in [3.05, 3.63) is 82.9 Å². The van der Waals surface area contributed by atoms with E-state index in [9.17, 15) is 12.8 Å². The quantitative estimate of drug-likeness (QED) is 0.419. The summed E-state index contributed by atoms with van der Waals surface area (Å²) in [6, 6.07) is 15.7. The van der Waals surface area contributed by atoms with Crippen LogP contribution in [0.5, 0.6) is 0 Å². The molecule has 2 heterocycles. The smallest absolute Gasteiger partial charge is 0.240 e. The largest absolute Gasteiger partial charge is 0.365 e. The Hall–Kier alpha value is -3.08. The van der Waals surface area contributed by atoms with Crippen molar-refractivity contribution in [1.29, 1.82) is 0 Å². The Bertz CT molecular complexity index is 1290. The highest BCUT2D eigenvalue weighted by Crippen LogP contribution is 2.13. The van der Waals surface area contributed by atoms with E-state index in [0.29, 0.717) is 28.9 Å². The molecule has 0 amide bonds. The fraction of sp³-hybridized carbons (Fsp3) is 0.150. The summed E-state index contributed by atoms with van der Waals surface area (Å²) in [6.07, 6.45) is 0.273. The van der Waals surface area contributed by atoms with Crippen LogP contribution in [0.2, 0.25) is 5.02 Å². The minimum atomic E-state index is -3.75. The van der Waals surface area contributed by atoms with Gasteiger partial charge in [0.1, 0.15) is 11.6 Å². The van der Waals surface area contributed by atoms with Crippen LogP contribution >= 0.6 is 11.6 Å². The van der Waals surface area contributed by atoms with Crippen LogP contribution in [0.4, 0.5) is 10.2 Å². The van der Waals surface area contributed by atoms with Crippen LogP contribution in [0.15, 0.2) is 65.6 Å². The SMILES string of the molecule is O=S(=O)(NCCc1nnc2ccc(NCc3ccc(Cl)cc3)nn12)c1ccc(F)cc1. The lowest BCUT2D eigenvalue weighted by atomic mass is 10.2. The predicted octanol–water partition coefficient (Wildman–Crippen LogP) is 3.05. The molecule has 11 heteroatoms. The zero-order valence-electron chi connectivity index (χ0n) is 16.2. The molecule has 8 nitrogen and oxygen atoms in total. The number of aromatic nitrogens is 4. The van der Waals surface area contributed by atoms with Crippen molar-refractivity contribution in [2.24, 2.45) is 0 Å². The average molecular weight is 461 g/mol. The Morgan fingerprint density at radius 2 is 1.71 bits per heavy atom. The van der Waals surface area contributed by atoms with E-state index >= 15 is 0 Å². The lowest BCUT2D eigenvalue weighted by Crippen LogP contribution is -2.26. The maximum Gasteiger partial charge on any atom is 0.240 e. The summed E-state index contributed by atoms with van der Waals surface area (Å²) >= 11 is 5.90. The number of halogens is 2. The minimum absolute atomic E-state index is 0.00758. The van der Waals surface area contributed by atoms with Crippen molar-refractivity contribution >= 4 is 33.1 Å². The molecule has 0 fully saturated rings. The fourth-order valence-corrected chi connectivity index (χ4v) is 4.03. The topological polar surface area (TPSA) is 101 Å². The van der Waals surface area contributed by atoms with Crippen LogP contribution in [0, 0.1) is 5.82 Å². The van der Waals surface area contributed by atoms with Gasteiger partial charge in [0.05, 0.1) is 4.90 Å². The molecule has 0 saturated heterocycles. The van der Waals surface area contributed by atoms with Crippen LogP contribution < -0.4 is 10.0 Å². The fourth-order valence-electron chi connectivity index (χ4n) is 2.87. The summed E-state index contributed by atoms with van der Waals surface area (Å²) in [4.78, 5) is -0.00758. The lowest BCUT2D eigenvalue weighted by molar-refractivity contribution is 0.579. The molecule has 160 valence electrons. The van der Waals surface area contributed by atoms with Crippen LogP contribution in [-0.2, 0) is 23.0 Å². The monoisotopic (exact) mass is 460 g/mol. The van der Waals surface area contributed by atoms with E-state index in [2.05, 4.69) is 25.3 Å². The number of rotatable bonds is 8.